The van der Waals surface area contributed by atoms with Crippen LogP contribution in [0.4, 0.5) is 0 Å². The highest BCUT2D eigenvalue weighted by atomic mass is 15.0. The van der Waals surface area contributed by atoms with Gasteiger partial charge in [0.1, 0.15) is 6.07 Å². The minimum atomic E-state index is 0.589. The van der Waals surface area contributed by atoms with Gasteiger partial charge in [-0.1, -0.05) is 103 Å². The third kappa shape index (κ3) is 4.01. The molecule has 9 rings (SSSR count). The van der Waals surface area contributed by atoms with Gasteiger partial charge in [-0.15, -0.1) is 0 Å². The normalized spacial score (nSPS) is 11.3. The number of benzene rings is 7. The monoisotopic (exact) mass is 610 g/mol. The molecule has 0 spiro atoms. The molecule has 222 valence electrons. The van der Waals surface area contributed by atoms with Crippen LogP contribution in [0.3, 0.4) is 0 Å². The van der Waals surface area contributed by atoms with Gasteiger partial charge in [-0.3, -0.25) is 0 Å². The number of nitriles is 2. The van der Waals surface area contributed by atoms with Gasteiger partial charge in [0.05, 0.1) is 50.6 Å². The predicted octanol–water partition coefficient (Wildman–Crippen LogP) is 11.0. The zero-order chi connectivity index (χ0) is 32.2. The summed E-state index contributed by atoms with van der Waals surface area (Å²) in [5.41, 5.74) is 11.7. The predicted molar refractivity (Wildman–Crippen MR) is 195 cm³/mol. The van der Waals surface area contributed by atoms with Gasteiger partial charge >= 0.3 is 0 Å². The van der Waals surface area contributed by atoms with E-state index in [4.69, 9.17) is 0 Å². The smallest absolute Gasteiger partial charge is 0.101 e. The quantitative estimate of drug-likeness (QED) is 0.199. The molecule has 0 bridgehead atoms. The van der Waals surface area contributed by atoms with E-state index in [1.54, 1.807) is 0 Å². The van der Waals surface area contributed by atoms with Crippen molar-refractivity contribution in [2.75, 3.05) is 0 Å². The second-order valence-corrected chi connectivity index (χ2v) is 11.9. The zero-order valence-electron chi connectivity index (χ0n) is 25.8. The van der Waals surface area contributed by atoms with Crippen LogP contribution >= 0.6 is 0 Å². The molecule has 2 heterocycles. The lowest BCUT2D eigenvalue weighted by atomic mass is 9.91. The van der Waals surface area contributed by atoms with Crippen molar-refractivity contribution < 1.29 is 0 Å². The molecule has 0 fully saturated rings. The highest BCUT2D eigenvalue weighted by Crippen LogP contribution is 2.44. The van der Waals surface area contributed by atoms with E-state index in [9.17, 15) is 10.5 Å². The molecule has 0 atom stereocenters. The molecule has 0 aliphatic heterocycles. The molecule has 48 heavy (non-hydrogen) atoms. The van der Waals surface area contributed by atoms with E-state index in [-0.39, 0.29) is 0 Å². The van der Waals surface area contributed by atoms with Crippen molar-refractivity contribution in [2.24, 2.45) is 0 Å². The first-order valence-electron chi connectivity index (χ1n) is 15.9. The summed E-state index contributed by atoms with van der Waals surface area (Å²) >= 11 is 0. The summed E-state index contributed by atoms with van der Waals surface area (Å²) in [6.07, 6.45) is 0. The minimum Gasteiger partial charge on any atom is -0.309 e. The average Bonchev–Trinajstić information content (AvgIpc) is 3.67. The van der Waals surface area contributed by atoms with Crippen LogP contribution in [-0.4, -0.2) is 9.13 Å². The second-order valence-electron chi connectivity index (χ2n) is 11.9. The summed E-state index contributed by atoms with van der Waals surface area (Å²) in [4.78, 5) is 0. The van der Waals surface area contributed by atoms with Crippen LogP contribution in [0.5, 0.6) is 0 Å². The number of rotatable bonds is 4. The lowest BCUT2D eigenvalue weighted by Gasteiger charge is -2.17. The number of nitrogens with zero attached hydrogens (tertiary/aromatic N) is 4. The molecule has 0 unspecified atom stereocenters. The van der Waals surface area contributed by atoms with Crippen molar-refractivity contribution in [1.82, 2.24) is 9.13 Å². The molecule has 0 saturated heterocycles. The Labute approximate surface area is 277 Å². The van der Waals surface area contributed by atoms with Crippen LogP contribution in [0, 0.1) is 22.7 Å². The maximum Gasteiger partial charge on any atom is 0.101 e. The number of hydrogen-bond donors (Lipinski definition) is 0. The molecule has 4 nitrogen and oxygen atoms in total. The number of para-hydroxylation sites is 4. The maximum absolute atomic E-state index is 10.1. The molecule has 9 aromatic rings. The van der Waals surface area contributed by atoms with Gasteiger partial charge in [-0.05, 0) is 71.3 Å². The van der Waals surface area contributed by atoms with Crippen molar-refractivity contribution in [3.8, 4) is 45.8 Å². The van der Waals surface area contributed by atoms with Crippen LogP contribution < -0.4 is 0 Å². The molecule has 0 aliphatic rings. The van der Waals surface area contributed by atoms with E-state index in [1.807, 2.05) is 42.5 Å². The summed E-state index contributed by atoms with van der Waals surface area (Å²) in [5, 5.41) is 24.4. The molecule has 0 saturated carbocycles. The summed E-state index contributed by atoms with van der Waals surface area (Å²) in [7, 11) is 0. The summed E-state index contributed by atoms with van der Waals surface area (Å²) in [6.45, 7) is 0. The fraction of sp³-hybridized carbons (Fsp3) is 0. The minimum absolute atomic E-state index is 0.589. The van der Waals surface area contributed by atoms with Crippen molar-refractivity contribution in [3.63, 3.8) is 0 Å². The Balaban J connectivity index is 1.36. The van der Waals surface area contributed by atoms with Gasteiger partial charge in [0.15, 0.2) is 0 Å². The van der Waals surface area contributed by atoms with Gasteiger partial charge in [0.25, 0.3) is 0 Å². The largest absolute Gasteiger partial charge is 0.309 e. The first kappa shape index (κ1) is 27.4. The molecular weight excluding hydrogens is 585 g/mol. The van der Waals surface area contributed by atoms with Crippen molar-refractivity contribution in [1.29, 1.82) is 10.5 Å². The van der Waals surface area contributed by atoms with Crippen LogP contribution in [0.15, 0.2) is 158 Å². The Hall–Kier alpha value is -6.88. The highest BCUT2D eigenvalue weighted by Gasteiger charge is 2.21. The zero-order valence-corrected chi connectivity index (χ0v) is 25.8. The van der Waals surface area contributed by atoms with Crippen molar-refractivity contribution in [2.45, 2.75) is 0 Å². The Morgan fingerprint density at radius 2 is 0.896 bits per heavy atom. The van der Waals surface area contributed by atoms with Crippen LogP contribution in [0.1, 0.15) is 11.1 Å². The van der Waals surface area contributed by atoms with Gasteiger partial charge < -0.3 is 9.13 Å². The number of aromatic nitrogens is 2. The van der Waals surface area contributed by atoms with E-state index in [0.29, 0.717) is 11.1 Å². The first-order chi connectivity index (χ1) is 23.8. The van der Waals surface area contributed by atoms with Gasteiger partial charge in [-0.25, -0.2) is 0 Å². The lowest BCUT2D eigenvalue weighted by Crippen LogP contribution is -1.98. The number of fused-ring (bicyclic) bond motifs is 6. The molecule has 0 amide bonds. The van der Waals surface area contributed by atoms with Gasteiger partial charge in [0.2, 0.25) is 0 Å². The Morgan fingerprint density at radius 1 is 0.375 bits per heavy atom. The molecule has 0 aliphatic carbocycles. The van der Waals surface area contributed by atoms with Gasteiger partial charge in [0, 0.05) is 27.1 Å². The van der Waals surface area contributed by atoms with E-state index in [2.05, 4.69) is 137 Å². The van der Waals surface area contributed by atoms with E-state index < -0.39 is 0 Å². The Morgan fingerprint density at radius 3 is 1.60 bits per heavy atom. The summed E-state index contributed by atoms with van der Waals surface area (Å²) < 4.78 is 4.53. The van der Waals surface area contributed by atoms with Crippen LogP contribution in [0.2, 0.25) is 0 Å². The third-order valence-corrected chi connectivity index (χ3v) is 9.42. The molecule has 4 heteroatoms. The van der Waals surface area contributed by atoms with Crippen LogP contribution in [0.25, 0.3) is 77.2 Å². The molecule has 2 aromatic heterocycles. The van der Waals surface area contributed by atoms with E-state index >= 15 is 0 Å². The topological polar surface area (TPSA) is 57.4 Å². The fourth-order valence-electron chi connectivity index (χ4n) is 7.42. The Bertz CT molecular complexity index is 2760. The Kier molecular flexibility index (Phi) is 6.22. The van der Waals surface area contributed by atoms with Crippen molar-refractivity contribution >= 4 is 43.6 Å². The first-order valence-corrected chi connectivity index (χ1v) is 15.9. The lowest BCUT2D eigenvalue weighted by molar-refractivity contribution is 1.17. The van der Waals surface area contributed by atoms with E-state index in [1.165, 1.54) is 10.8 Å². The molecular formula is C44H26N4. The van der Waals surface area contributed by atoms with Crippen molar-refractivity contribution in [3.05, 3.63) is 169 Å². The third-order valence-electron chi connectivity index (χ3n) is 9.42. The number of hydrogen-bond acceptors (Lipinski definition) is 2. The summed E-state index contributed by atoms with van der Waals surface area (Å²) in [5.74, 6) is 0. The standard InChI is InChI=1S/C44H26N4/c45-27-29-24-25-42-37(26-29)44-36(18-11-23-43(44)47(42)38-19-7-1-12-30(38)28-46)32-14-3-2-13-31(32)33-15-4-8-20-39(33)48-40-21-9-5-16-34(40)35-17-6-10-22-41(35)48/h1-26H. The molecule has 7 aromatic carbocycles. The molecule has 0 N–H and O–H groups in total. The maximum atomic E-state index is 10.1. The van der Waals surface area contributed by atoms with Gasteiger partial charge in [-0.2, -0.15) is 10.5 Å². The molecule has 0 radical (unpaired) electrons. The van der Waals surface area contributed by atoms with E-state index in [0.717, 1.165) is 66.5 Å². The summed E-state index contributed by atoms with van der Waals surface area (Å²) in [6, 6.07) is 59.0. The average molecular weight is 611 g/mol. The highest BCUT2D eigenvalue weighted by molar-refractivity contribution is 6.17. The fourth-order valence-corrected chi connectivity index (χ4v) is 7.42. The van der Waals surface area contributed by atoms with Crippen LogP contribution in [-0.2, 0) is 0 Å². The SMILES string of the molecule is N#Cc1ccc2c(c1)c1c(-c3ccccc3-c3ccccc3-n3c4ccccc4c4ccccc43)cccc1n2-c1ccccc1C#N. The second kappa shape index (κ2) is 10.9.